The SMILES string of the molecule is C=CN=C(/C(CCC(C)(N)c1ccc(OC)cc1)=C(/C)C(C)CC)N(C)CC. The predicted molar refractivity (Wildman–Crippen MR) is 122 cm³/mol. The van der Waals surface area contributed by atoms with Gasteiger partial charge in [-0.25, -0.2) is 4.99 Å². The maximum Gasteiger partial charge on any atom is 0.131 e. The molecule has 2 N–H and O–H groups in total. The van der Waals surface area contributed by atoms with Crippen LogP contribution in [0, 0.1) is 5.92 Å². The van der Waals surface area contributed by atoms with Crippen molar-refractivity contribution < 1.29 is 4.74 Å². The third-order valence-electron chi connectivity index (χ3n) is 5.79. The average Bonchev–Trinajstić information content (AvgIpc) is 2.71. The van der Waals surface area contributed by atoms with Gasteiger partial charge in [-0.2, -0.15) is 0 Å². The Morgan fingerprint density at radius 1 is 1.32 bits per heavy atom. The molecule has 0 fully saturated rings. The fraction of sp³-hybridized carbons (Fsp3) is 0.542. The number of methoxy groups -OCH3 is 1. The Hall–Kier alpha value is -2.07. The lowest BCUT2D eigenvalue weighted by Gasteiger charge is -2.29. The maximum atomic E-state index is 6.73. The normalized spacial score (nSPS) is 16.1. The molecule has 0 aliphatic heterocycles. The lowest BCUT2D eigenvalue weighted by Crippen LogP contribution is -2.35. The molecule has 0 saturated carbocycles. The van der Waals surface area contributed by atoms with E-state index in [1.165, 1.54) is 11.1 Å². The minimum atomic E-state index is -0.433. The Kier molecular flexibility index (Phi) is 9.47. The summed E-state index contributed by atoms with van der Waals surface area (Å²) in [7, 11) is 3.76. The van der Waals surface area contributed by atoms with Gasteiger partial charge in [-0.15, -0.1) is 0 Å². The minimum Gasteiger partial charge on any atom is -0.497 e. The van der Waals surface area contributed by atoms with Crippen molar-refractivity contribution in [2.24, 2.45) is 16.6 Å². The Bertz CT molecular complexity index is 686. The summed E-state index contributed by atoms with van der Waals surface area (Å²) in [6.45, 7) is 15.7. The number of amidine groups is 1. The van der Waals surface area contributed by atoms with Crippen LogP contribution >= 0.6 is 0 Å². The molecule has 0 spiro atoms. The maximum absolute atomic E-state index is 6.73. The zero-order valence-electron chi connectivity index (χ0n) is 18.9. The highest BCUT2D eigenvalue weighted by molar-refractivity contribution is 5.99. The number of allylic oxidation sites excluding steroid dienone is 1. The van der Waals surface area contributed by atoms with Crippen LogP contribution in [0.25, 0.3) is 0 Å². The molecule has 0 aliphatic carbocycles. The predicted octanol–water partition coefficient (Wildman–Crippen LogP) is 5.51. The zero-order valence-corrected chi connectivity index (χ0v) is 18.9. The van der Waals surface area contributed by atoms with Gasteiger partial charge < -0.3 is 15.4 Å². The highest BCUT2D eigenvalue weighted by Gasteiger charge is 2.24. The van der Waals surface area contributed by atoms with E-state index >= 15 is 0 Å². The zero-order chi connectivity index (χ0) is 21.3. The first-order chi connectivity index (χ1) is 13.2. The van der Waals surface area contributed by atoms with Gasteiger partial charge >= 0.3 is 0 Å². The van der Waals surface area contributed by atoms with Gasteiger partial charge in [-0.05, 0) is 69.2 Å². The molecule has 0 aliphatic rings. The van der Waals surface area contributed by atoms with Crippen molar-refractivity contribution in [3.63, 3.8) is 0 Å². The fourth-order valence-electron chi connectivity index (χ4n) is 3.23. The molecule has 0 bridgehead atoms. The molecule has 0 saturated heterocycles. The highest BCUT2D eigenvalue weighted by atomic mass is 16.5. The Balaban J connectivity index is 3.22. The molecule has 156 valence electrons. The summed E-state index contributed by atoms with van der Waals surface area (Å²) in [5.41, 5.74) is 10.1. The molecule has 0 heterocycles. The molecule has 2 atom stereocenters. The van der Waals surface area contributed by atoms with E-state index in [-0.39, 0.29) is 0 Å². The first-order valence-corrected chi connectivity index (χ1v) is 10.2. The van der Waals surface area contributed by atoms with Crippen LogP contribution in [0.2, 0.25) is 0 Å². The third kappa shape index (κ3) is 6.23. The van der Waals surface area contributed by atoms with Gasteiger partial charge in [0.1, 0.15) is 11.6 Å². The molecule has 0 aromatic heterocycles. The second kappa shape index (κ2) is 11.1. The summed E-state index contributed by atoms with van der Waals surface area (Å²) in [5, 5.41) is 0. The van der Waals surface area contributed by atoms with Gasteiger partial charge in [0.2, 0.25) is 0 Å². The van der Waals surface area contributed by atoms with Crippen LogP contribution in [0.15, 0.2) is 53.2 Å². The first-order valence-electron chi connectivity index (χ1n) is 10.2. The minimum absolute atomic E-state index is 0.433. The van der Waals surface area contributed by atoms with E-state index in [4.69, 9.17) is 10.5 Å². The Morgan fingerprint density at radius 2 is 1.93 bits per heavy atom. The molecule has 2 unspecified atom stereocenters. The average molecular weight is 386 g/mol. The summed E-state index contributed by atoms with van der Waals surface area (Å²) in [4.78, 5) is 6.81. The molecule has 28 heavy (non-hydrogen) atoms. The van der Waals surface area contributed by atoms with Crippen LogP contribution in [-0.4, -0.2) is 31.4 Å². The molecule has 0 radical (unpaired) electrons. The molecule has 4 heteroatoms. The van der Waals surface area contributed by atoms with E-state index in [0.29, 0.717) is 5.92 Å². The largest absolute Gasteiger partial charge is 0.497 e. The van der Waals surface area contributed by atoms with Gasteiger partial charge in [-0.3, -0.25) is 0 Å². The first kappa shape index (κ1) is 24.0. The second-order valence-electron chi connectivity index (χ2n) is 7.77. The number of aliphatic imine (C=N–C) groups is 1. The van der Waals surface area contributed by atoms with Crippen LogP contribution in [-0.2, 0) is 5.54 Å². The summed E-state index contributed by atoms with van der Waals surface area (Å²) < 4.78 is 5.27. The van der Waals surface area contributed by atoms with Crippen molar-refractivity contribution in [2.75, 3.05) is 20.7 Å². The number of nitrogens with two attached hydrogens (primary N) is 1. The van der Waals surface area contributed by atoms with Crippen molar-refractivity contribution in [2.45, 2.75) is 59.4 Å². The third-order valence-corrected chi connectivity index (χ3v) is 5.79. The van der Waals surface area contributed by atoms with E-state index in [1.807, 2.05) is 12.1 Å². The number of hydrogen-bond donors (Lipinski definition) is 1. The van der Waals surface area contributed by atoms with Crippen molar-refractivity contribution in [1.29, 1.82) is 0 Å². The number of benzene rings is 1. The fourth-order valence-corrected chi connectivity index (χ4v) is 3.23. The summed E-state index contributed by atoms with van der Waals surface area (Å²) in [5.74, 6) is 2.35. The summed E-state index contributed by atoms with van der Waals surface area (Å²) in [6.07, 6.45) is 4.43. The van der Waals surface area contributed by atoms with E-state index < -0.39 is 5.54 Å². The van der Waals surface area contributed by atoms with Crippen LogP contribution in [0.1, 0.15) is 59.4 Å². The van der Waals surface area contributed by atoms with Gasteiger partial charge in [0.05, 0.1) is 7.11 Å². The molecular formula is C24H39N3O. The molecule has 0 amide bonds. The van der Waals surface area contributed by atoms with Crippen molar-refractivity contribution in [3.05, 3.63) is 53.8 Å². The quantitative estimate of drug-likeness (QED) is 0.427. The molecular weight excluding hydrogens is 346 g/mol. The van der Waals surface area contributed by atoms with Crippen LogP contribution in [0.3, 0.4) is 0 Å². The molecule has 1 aromatic carbocycles. The number of likely N-dealkylation sites (N-methyl/N-ethyl adjacent to an activating group) is 1. The van der Waals surface area contributed by atoms with Gasteiger partial charge in [0.15, 0.2) is 0 Å². The van der Waals surface area contributed by atoms with E-state index in [2.05, 4.69) is 70.3 Å². The molecule has 1 aromatic rings. The summed E-state index contributed by atoms with van der Waals surface area (Å²) >= 11 is 0. The monoisotopic (exact) mass is 385 g/mol. The van der Waals surface area contributed by atoms with Gasteiger partial charge in [-0.1, -0.05) is 38.1 Å². The van der Waals surface area contributed by atoms with Gasteiger partial charge in [0, 0.05) is 25.3 Å². The van der Waals surface area contributed by atoms with Crippen molar-refractivity contribution in [3.8, 4) is 5.75 Å². The van der Waals surface area contributed by atoms with E-state index in [9.17, 15) is 0 Å². The Labute approximate surface area is 172 Å². The standard InChI is InChI=1S/C24H39N3O/c1-9-18(4)19(5)22(23(26-10-2)27(7)11-3)16-17-24(6,25)20-12-14-21(28-8)15-13-20/h10,12-15,18H,2,9,11,16-17,25H2,1,3-8H3/b22-19-,26-23?. The van der Waals surface area contributed by atoms with Crippen LogP contribution in [0.4, 0.5) is 0 Å². The number of hydrogen-bond acceptors (Lipinski definition) is 3. The molecule has 4 nitrogen and oxygen atoms in total. The highest BCUT2D eigenvalue weighted by Crippen LogP contribution is 2.30. The van der Waals surface area contributed by atoms with Gasteiger partial charge in [0.25, 0.3) is 0 Å². The molecule has 1 rings (SSSR count). The number of rotatable bonds is 10. The number of ether oxygens (including phenoxy) is 1. The topological polar surface area (TPSA) is 50.9 Å². The van der Waals surface area contributed by atoms with Crippen molar-refractivity contribution in [1.82, 2.24) is 4.90 Å². The summed E-state index contributed by atoms with van der Waals surface area (Å²) in [6, 6.07) is 8.05. The Morgan fingerprint density at radius 3 is 2.39 bits per heavy atom. The van der Waals surface area contributed by atoms with Crippen molar-refractivity contribution >= 4 is 5.84 Å². The smallest absolute Gasteiger partial charge is 0.131 e. The lowest BCUT2D eigenvalue weighted by molar-refractivity contribution is 0.412. The second-order valence-corrected chi connectivity index (χ2v) is 7.77. The van der Waals surface area contributed by atoms with E-state index in [0.717, 1.165) is 43.0 Å². The van der Waals surface area contributed by atoms with Crippen LogP contribution in [0.5, 0.6) is 5.75 Å². The van der Waals surface area contributed by atoms with E-state index in [1.54, 1.807) is 13.3 Å². The number of nitrogens with zero attached hydrogens (tertiary/aromatic N) is 2. The lowest BCUT2D eigenvalue weighted by atomic mass is 9.84. The van der Waals surface area contributed by atoms with Crippen LogP contribution < -0.4 is 10.5 Å².